The maximum Gasteiger partial charge on any atom is 0.341 e. The Balaban J connectivity index is 1.75. The van der Waals surface area contributed by atoms with E-state index in [1.54, 1.807) is 25.3 Å². The van der Waals surface area contributed by atoms with E-state index in [0.29, 0.717) is 23.6 Å². The highest BCUT2D eigenvalue weighted by Gasteiger charge is 2.28. The summed E-state index contributed by atoms with van der Waals surface area (Å²) in [5.41, 5.74) is 1.67. The van der Waals surface area contributed by atoms with Gasteiger partial charge in [-0.05, 0) is 30.0 Å². The number of carbonyl (C=O) groups is 2. The predicted octanol–water partition coefficient (Wildman–Crippen LogP) is 3.96. The van der Waals surface area contributed by atoms with Crippen LogP contribution < -0.4 is 5.32 Å². The topological polar surface area (TPSA) is 86.1 Å². The average molecular weight is 406 g/mol. The van der Waals surface area contributed by atoms with Gasteiger partial charge < -0.3 is 10.1 Å². The molecule has 3 aromatic rings. The Morgan fingerprint density at radius 3 is 2.40 bits per heavy atom. The second kappa shape index (κ2) is 8.90. The van der Waals surface area contributed by atoms with Gasteiger partial charge in [0.15, 0.2) is 5.82 Å². The molecule has 1 unspecified atom stereocenters. The largest absolute Gasteiger partial charge is 0.462 e. The maximum atomic E-state index is 12.9. The lowest BCUT2D eigenvalue weighted by Gasteiger charge is -2.32. The van der Waals surface area contributed by atoms with E-state index in [-0.39, 0.29) is 17.4 Å². The Kier molecular flexibility index (Phi) is 6.30. The molecule has 0 bridgehead atoms. The summed E-state index contributed by atoms with van der Waals surface area (Å²) in [6, 6.07) is 13.1. The van der Waals surface area contributed by atoms with Crippen LogP contribution in [0.2, 0.25) is 0 Å². The Morgan fingerprint density at radius 2 is 1.80 bits per heavy atom. The summed E-state index contributed by atoms with van der Waals surface area (Å²) in [4.78, 5) is 29.0. The first-order valence-electron chi connectivity index (χ1n) is 9.83. The quantitative estimate of drug-likeness (QED) is 0.626. The number of nitrogens with one attached hydrogen (secondary N) is 1. The summed E-state index contributed by atoms with van der Waals surface area (Å²) in [7, 11) is 0. The van der Waals surface area contributed by atoms with E-state index in [4.69, 9.17) is 4.74 Å². The second-order valence-corrected chi connectivity index (χ2v) is 7.98. The fourth-order valence-electron chi connectivity index (χ4n) is 3.08. The first kappa shape index (κ1) is 21.2. The molecule has 1 aromatic carbocycles. The summed E-state index contributed by atoms with van der Waals surface area (Å²) >= 11 is 0. The molecular formula is C23H26N4O3. The number of esters is 1. The molecular weight excluding hydrogens is 380 g/mol. The minimum atomic E-state index is -0.436. The molecule has 2 aromatic heterocycles. The van der Waals surface area contributed by atoms with Crippen LogP contribution in [0, 0.1) is 5.41 Å². The van der Waals surface area contributed by atoms with Crippen LogP contribution in [0.4, 0.5) is 0 Å². The molecule has 1 N–H and O–H groups in total. The smallest absolute Gasteiger partial charge is 0.341 e. The van der Waals surface area contributed by atoms with Gasteiger partial charge in [-0.3, -0.25) is 4.79 Å². The third kappa shape index (κ3) is 4.92. The molecule has 7 nitrogen and oxygen atoms in total. The van der Waals surface area contributed by atoms with Gasteiger partial charge in [-0.15, -0.1) is 0 Å². The van der Waals surface area contributed by atoms with Crippen molar-refractivity contribution in [2.45, 2.75) is 33.7 Å². The van der Waals surface area contributed by atoms with Crippen LogP contribution in [0.5, 0.6) is 0 Å². The van der Waals surface area contributed by atoms with Gasteiger partial charge in [-0.25, -0.2) is 14.5 Å². The van der Waals surface area contributed by atoms with E-state index in [9.17, 15) is 9.59 Å². The number of pyridine rings is 1. The van der Waals surface area contributed by atoms with Crippen LogP contribution >= 0.6 is 0 Å². The number of hydrogen-bond acceptors (Lipinski definition) is 5. The molecule has 0 saturated carbocycles. The van der Waals surface area contributed by atoms with Gasteiger partial charge in [-0.2, -0.15) is 5.10 Å². The number of benzene rings is 1. The highest BCUT2D eigenvalue weighted by atomic mass is 16.5. The van der Waals surface area contributed by atoms with Crippen LogP contribution in [0.3, 0.4) is 0 Å². The van der Waals surface area contributed by atoms with Gasteiger partial charge in [0.2, 0.25) is 0 Å². The zero-order valence-electron chi connectivity index (χ0n) is 17.6. The molecule has 0 aliphatic carbocycles. The van der Waals surface area contributed by atoms with E-state index in [1.807, 2.05) is 30.3 Å². The number of hydrogen-bond donors (Lipinski definition) is 1. The third-order valence-corrected chi connectivity index (χ3v) is 4.61. The minimum Gasteiger partial charge on any atom is -0.462 e. The molecule has 0 aliphatic rings. The molecule has 1 atom stereocenters. The van der Waals surface area contributed by atoms with Crippen molar-refractivity contribution in [2.24, 2.45) is 5.41 Å². The van der Waals surface area contributed by atoms with Crippen LogP contribution in [0.1, 0.15) is 60.0 Å². The number of amides is 1. The van der Waals surface area contributed by atoms with Crippen LogP contribution in [0.15, 0.2) is 61.1 Å². The molecule has 156 valence electrons. The zero-order valence-corrected chi connectivity index (χ0v) is 17.6. The molecule has 7 heteroatoms. The van der Waals surface area contributed by atoms with Crippen molar-refractivity contribution in [3.63, 3.8) is 0 Å². The molecule has 0 radical (unpaired) electrons. The summed E-state index contributed by atoms with van der Waals surface area (Å²) in [6.45, 7) is 8.31. The summed E-state index contributed by atoms with van der Waals surface area (Å²) in [6.07, 6.45) is 4.47. The zero-order chi connectivity index (χ0) is 21.7. The molecule has 1 amide bonds. The van der Waals surface area contributed by atoms with Crippen molar-refractivity contribution in [2.75, 3.05) is 6.61 Å². The third-order valence-electron chi connectivity index (χ3n) is 4.61. The molecule has 0 aliphatic heterocycles. The maximum absolute atomic E-state index is 12.9. The highest BCUT2D eigenvalue weighted by Crippen LogP contribution is 2.32. The van der Waals surface area contributed by atoms with Gasteiger partial charge in [0.25, 0.3) is 5.91 Å². The van der Waals surface area contributed by atoms with Gasteiger partial charge in [0.1, 0.15) is 0 Å². The van der Waals surface area contributed by atoms with Crippen molar-refractivity contribution in [1.29, 1.82) is 0 Å². The van der Waals surface area contributed by atoms with Crippen molar-refractivity contribution < 1.29 is 14.3 Å². The minimum absolute atomic E-state index is 0.149. The normalized spacial score (nSPS) is 12.3. The SMILES string of the molecule is CCOC(=O)c1cnn(-c2ccc(C(=O)NC(c3ccccc3)C(C)(C)C)cn2)c1. The van der Waals surface area contributed by atoms with E-state index in [0.717, 1.165) is 5.56 Å². The summed E-state index contributed by atoms with van der Waals surface area (Å²) < 4.78 is 6.43. The van der Waals surface area contributed by atoms with Crippen LogP contribution in [0.25, 0.3) is 5.82 Å². The molecule has 30 heavy (non-hydrogen) atoms. The fraction of sp³-hybridized carbons (Fsp3) is 0.304. The Labute approximate surface area is 176 Å². The molecule has 0 fully saturated rings. The molecule has 0 spiro atoms. The fourth-order valence-corrected chi connectivity index (χ4v) is 3.08. The second-order valence-electron chi connectivity index (χ2n) is 7.98. The summed E-state index contributed by atoms with van der Waals surface area (Å²) in [5, 5.41) is 7.26. The average Bonchev–Trinajstić information content (AvgIpc) is 3.22. The van der Waals surface area contributed by atoms with Gasteiger partial charge in [0.05, 0.1) is 30.0 Å². The number of ether oxygens (including phenoxy) is 1. The Bertz CT molecular complexity index is 1000. The first-order valence-corrected chi connectivity index (χ1v) is 9.83. The molecule has 0 saturated heterocycles. The Hall–Kier alpha value is -3.48. The lowest BCUT2D eigenvalue weighted by Crippen LogP contribution is -2.36. The number of carbonyl (C=O) groups excluding carboxylic acids is 2. The van der Waals surface area contributed by atoms with E-state index < -0.39 is 5.97 Å². The lowest BCUT2D eigenvalue weighted by atomic mass is 9.82. The van der Waals surface area contributed by atoms with Gasteiger partial charge in [-0.1, -0.05) is 51.1 Å². The lowest BCUT2D eigenvalue weighted by molar-refractivity contribution is 0.0526. The van der Waals surface area contributed by atoms with Crippen molar-refractivity contribution in [3.05, 3.63) is 77.7 Å². The number of nitrogens with zero attached hydrogens (tertiary/aromatic N) is 3. The standard InChI is InChI=1S/C23H26N4O3/c1-5-30-22(29)18-14-25-27(15-18)19-12-11-17(13-24-19)21(28)26-20(23(2,3)4)16-9-7-6-8-10-16/h6-15,20H,5H2,1-4H3,(H,26,28). The van der Waals surface area contributed by atoms with Gasteiger partial charge in [0, 0.05) is 12.4 Å². The monoisotopic (exact) mass is 406 g/mol. The van der Waals surface area contributed by atoms with Crippen LogP contribution in [-0.2, 0) is 4.74 Å². The highest BCUT2D eigenvalue weighted by molar-refractivity contribution is 5.94. The number of rotatable bonds is 6. The van der Waals surface area contributed by atoms with E-state index >= 15 is 0 Å². The number of aromatic nitrogens is 3. The van der Waals surface area contributed by atoms with E-state index in [1.165, 1.54) is 17.1 Å². The molecule has 2 heterocycles. The summed E-state index contributed by atoms with van der Waals surface area (Å²) in [5.74, 6) is -0.142. The van der Waals surface area contributed by atoms with Crippen molar-refractivity contribution in [1.82, 2.24) is 20.1 Å². The van der Waals surface area contributed by atoms with Crippen molar-refractivity contribution >= 4 is 11.9 Å². The van der Waals surface area contributed by atoms with Gasteiger partial charge >= 0.3 is 5.97 Å². The molecule has 3 rings (SSSR count). The van der Waals surface area contributed by atoms with E-state index in [2.05, 4.69) is 36.2 Å². The predicted molar refractivity (Wildman–Crippen MR) is 113 cm³/mol. The Morgan fingerprint density at radius 1 is 1.07 bits per heavy atom. The van der Waals surface area contributed by atoms with Crippen LogP contribution in [-0.4, -0.2) is 33.2 Å². The first-order chi connectivity index (χ1) is 14.3. The van der Waals surface area contributed by atoms with Crippen molar-refractivity contribution in [3.8, 4) is 5.82 Å².